The van der Waals surface area contributed by atoms with Crippen LogP contribution in [0, 0.1) is 54.4 Å². The minimum absolute atomic E-state index is 0. The number of amides is 1. The number of aryl methyl sites for hydroxylation is 3. The predicted molar refractivity (Wildman–Crippen MR) is 599 cm³/mol. The van der Waals surface area contributed by atoms with E-state index in [4.69, 9.17) is 68.2 Å². The van der Waals surface area contributed by atoms with Crippen molar-refractivity contribution >= 4 is 92.3 Å². The molecule has 149 heavy (non-hydrogen) atoms. The van der Waals surface area contributed by atoms with Crippen molar-refractivity contribution in [2.45, 2.75) is 191 Å². The van der Waals surface area contributed by atoms with Gasteiger partial charge in [0.2, 0.25) is 22.0 Å². The Bertz CT molecular complexity index is 5900. The average Bonchev–Trinajstić information content (AvgIpc) is 0.809. The second kappa shape index (κ2) is 87.2. The number of amidine groups is 1. The summed E-state index contributed by atoms with van der Waals surface area (Å²) >= 11 is 12.7. The Labute approximate surface area is 926 Å². The first-order valence-corrected chi connectivity index (χ1v) is 50.5. The van der Waals surface area contributed by atoms with Gasteiger partial charge in [-0.3, -0.25) is 33.6 Å². The summed E-state index contributed by atoms with van der Waals surface area (Å²) in [4.78, 5) is 109. The quantitative estimate of drug-likeness (QED) is 0.00206. The number of aromatic hydroxyl groups is 1. The number of alkyl halides is 1. The van der Waals surface area contributed by atoms with E-state index in [-0.39, 0.29) is 119 Å². The molecule has 0 saturated carbocycles. The van der Waals surface area contributed by atoms with Crippen LogP contribution in [0.15, 0.2) is 271 Å². The molecular formula is C111H156Cl2IN14NaO20. The second-order valence-corrected chi connectivity index (χ2v) is 31.3. The molecule has 1 unspecified atom stereocenters. The number of halogens is 3. The first-order valence-electron chi connectivity index (χ1n) is 47.6. The van der Waals surface area contributed by atoms with E-state index in [1.54, 1.807) is 95.6 Å². The number of nitrogens with zero attached hydrogens (tertiary/aromatic N) is 10. The van der Waals surface area contributed by atoms with Gasteiger partial charge in [0.05, 0.1) is 76.2 Å². The van der Waals surface area contributed by atoms with Crippen LogP contribution >= 0.6 is 45.8 Å². The fourth-order valence-electron chi connectivity index (χ4n) is 11.2. The van der Waals surface area contributed by atoms with Crippen molar-refractivity contribution in [2.75, 3.05) is 86.7 Å². The number of methoxy groups -OCH3 is 5. The molecule has 11 aromatic rings. The van der Waals surface area contributed by atoms with Gasteiger partial charge >= 0.3 is 53.5 Å². The van der Waals surface area contributed by atoms with Crippen LogP contribution in [0.2, 0.25) is 5.28 Å². The third-order valence-corrected chi connectivity index (χ3v) is 20.1. The van der Waals surface area contributed by atoms with E-state index in [1.807, 2.05) is 280 Å². The largest absolute Gasteiger partial charge is 1.00 e. The van der Waals surface area contributed by atoms with Gasteiger partial charge in [-0.05, 0) is 232 Å². The molecule has 0 aliphatic carbocycles. The molecule has 4 aromatic heterocycles. The third-order valence-electron chi connectivity index (χ3n) is 19.7. The third kappa shape index (κ3) is 58.8. The number of ether oxygens (including phenoxy) is 9. The number of para-hydroxylation sites is 1. The van der Waals surface area contributed by atoms with Crippen LogP contribution in [0.5, 0.6) is 23.0 Å². The molecule has 0 bridgehead atoms. The minimum atomic E-state index is -0.611. The number of ketones is 1. The molecule has 0 aliphatic rings. The zero-order valence-electron chi connectivity index (χ0n) is 93.1. The molecule has 1 atom stereocenters. The Balaban J connectivity index is -0.000000532. The van der Waals surface area contributed by atoms with Crippen LogP contribution < -0.4 is 77.2 Å². The van der Waals surface area contributed by atoms with E-state index in [2.05, 4.69) is 91.9 Å². The van der Waals surface area contributed by atoms with Gasteiger partial charge in [0.15, 0.2) is 11.5 Å². The Morgan fingerprint density at radius 1 is 0.557 bits per heavy atom. The van der Waals surface area contributed by atoms with Crippen LogP contribution in [0.4, 0.5) is 5.69 Å². The number of aromatic nitrogens is 7. The number of allylic oxidation sites excluding steroid dienone is 2. The molecule has 0 radical (unpaired) electrons. The molecule has 1 amide bonds. The SMILES string of the molecule is CC.CCC.CCO.CCOC.CCOC(=O)/C(C)=C(/C)N(Cc1ccccc1)C(=O)COC.CCOC(=O)/C(C)=C(/C)NCc1ccccc1.CCOC(=O)C(C)C(C)=O.CI.COCC(=O)Cl.COc1c(O)c(C)c(C)n(Cc2ccccc2)c1=O.COc1c(O/C(N)=N/N=Nc2ccccc2)c(C)c(C)n(Cc2ccccc2)c1=O.Cc1cc(C)c(=O)[nH]c1C.Clc1nnnn1-c1ccccc1.NCc1ccccc1.[H-].[Na+]. The van der Waals surface area contributed by atoms with Gasteiger partial charge in [0, 0.05) is 92.8 Å². The monoisotopic (exact) mass is 2220 g/mol. The molecule has 8 N–H and O–H groups in total. The maximum Gasteiger partial charge on any atom is 1.00 e. The summed E-state index contributed by atoms with van der Waals surface area (Å²) in [7, 11) is 7.36. The number of benzene rings is 7. The molecule has 0 fully saturated rings. The average molecular weight is 2230 g/mol. The second-order valence-electron chi connectivity index (χ2n) is 30.6. The summed E-state index contributed by atoms with van der Waals surface area (Å²) < 4.78 is 49.0. The van der Waals surface area contributed by atoms with Crippen molar-refractivity contribution in [3.8, 4) is 28.7 Å². The summed E-state index contributed by atoms with van der Waals surface area (Å²) in [6.07, 6.45) is 1.25. The Morgan fingerprint density at radius 3 is 1.34 bits per heavy atom. The smallest absolute Gasteiger partial charge is 1.00 e. The van der Waals surface area contributed by atoms with Crippen LogP contribution in [0.3, 0.4) is 0 Å². The first kappa shape index (κ1) is 143. The Hall–Kier alpha value is -12.7. The molecule has 34 nitrogen and oxygen atoms in total. The van der Waals surface area contributed by atoms with Crippen LogP contribution in [0.1, 0.15) is 179 Å². The normalized spacial score (nSPS) is 10.4. The fourth-order valence-corrected chi connectivity index (χ4v) is 11.5. The van der Waals surface area contributed by atoms with Crippen molar-refractivity contribution in [3.05, 3.63) is 344 Å². The molecule has 0 saturated heterocycles. The topological polar surface area (TPSA) is 451 Å². The molecule has 4 heterocycles. The number of rotatable bonds is 29. The van der Waals surface area contributed by atoms with Gasteiger partial charge in [-0.15, -0.1) is 5.11 Å². The molecule has 7 aromatic carbocycles. The Morgan fingerprint density at radius 2 is 0.960 bits per heavy atom. The van der Waals surface area contributed by atoms with Crippen molar-refractivity contribution < 1.29 is 113 Å². The van der Waals surface area contributed by atoms with Gasteiger partial charge in [-0.25, -0.2) is 9.59 Å². The number of esters is 3. The number of nitrogens with one attached hydrogen (secondary N) is 2. The van der Waals surface area contributed by atoms with Crippen molar-refractivity contribution in [3.63, 3.8) is 0 Å². The number of hydrogen-bond donors (Lipinski definition) is 6. The summed E-state index contributed by atoms with van der Waals surface area (Å²) in [5, 5.41) is 42.6. The Kier molecular flexibility index (Phi) is 83.5. The summed E-state index contributed by atoms with van der Waals surface area (Å²) in [6, 6.07) is 69.3. The van der Waals surface area contributed by atoms with Crippen molar-refractivity contribution in [2.24, 2.45) is 32.8 Å². The number of aromatic amines is 1. The summed E-state index contributed by atoms with van der Waals surface area (Å²) in [5.41, 5.74) is 25.6. The maximum atomic E-state index is 13.0. The number of tetrazole rings is 1. The van der Waals surface area contributed by atoms with Crippen molar-refractivity contribution in [1.82, 2.24) is 44.5 Å². The number of nitrogens with two attached hydrogens (primary N) is 2. The number of carbonyl (C=O) groups is 6. The zero-order chi connectivity index (χ0) is 113. The van der Waals surface area contributed by atoms with E-state index in [0.29, 0.717) is 86.2 Å². The summed E-state index contributed by atoms with van der Waals surface area (Å²) in [6.45, 7) is 44.7. The predicted octanol–water partition coefficient (Wildman–Crippen LogP) is 17.5. The van der Waals surface area contributed by atoms with E-state index in [9.17, 15) is 48.3 Å². The van der Waals surface area contributed by atoms with Crippen molar-refractivity contribution in [1.29, 1.82) is 0 Å². The molecule has 38 heteroatoms. The van der Waals surface area contributed by atoms with Gasteiger partial charge < -0.3 is 90.1 Å². The number of carbonyl (C=O) groups excluding carboxylic acids is 6. The molecule has 812 valence electrons. The zero-order valence-corrected chi connectivity index (χ0v) is 97.7. The van der Waals surface area contributed by atoms with Gasteiger partial charge in [-0.2, -0.15) is 4.68 Å². The van der Waals surface area contributed by atoms with Gasteiger partial charge in [-0.1, -0.05) is 255 Å². The van der Waals surface area contributed by atoms with E-state index >= 15 is 0 Å². The molecular weight excluding hydrogens is 2070 g/mol. The maximum absolute atomic E-state index is 13.0. The standard InChI is InChI=1S/C22H23N5O3.C17H23NO4.C15H17NO3.C14H19NO2.C8H11NO.C7H5ClN4.C7H9N.C7H12O3.C3H5ClO2.C3H8O.C3H8.C2H6O.C2H6.CH3I.Na.H/c1-15-16(2)27(14-17-10-6-4-7-11-17)21(28)20(29-3)19(15)30-22(23)25-26-24-18-12-8-5-9-13-18;1-5-22-17(20)13(2)14(3)18(16(19)12-21-4)11-15-9-7-6-8-10-15;1-10-11(2)16(9-12-7-5-4-6-8-12)15(18)14(19-3)13(10)17;1-4-17-14(16)11(2)12(3)15-10-13-8-6-5-7-9-13;1-5-4-6(2)8(10)9-7(5)3;8-7-9-10-11-12(7)6-4-2-1-3-5-6;8-6-7-4-2-1-3-5-7;1-4-10-7(9)5(2)6(3)8;1-6-2-3(4)5;1-3-4-2;1-3-2;1-2-3;2*1-2;;/h4-13H,14H2,1-3H3,(H2,23,24,25);6-10H,5,11-12H2,1-4H3;4-8,17H,9H2,1-3H3;5-9,15H,4,10H2,1-3H3;4H,1-3H3,(H,9,10);1-5H;1-5H,6,8H2;5H,4H2,1-3H3;2H2,1H3;3H2,1-2H3;3H2,1-2H3;3H,2H2,1H3;1-2H3;1H3;;/q;;;;;;;;;;;;;;+1;-1/b;14-13-;;12-11-;;;;;;;;;;;;. The number of pyridine rings is 3. The molecule has 0 spiro atoms. The molecule has 11 rings (SSSR count). The fraction of sp³-hybridized carbons (Fsp3) is 0.378. The number of H-pyrrole nitrogens is 1. The van der Waals surface area contributed by atoms with Crippen LogP contribution in [0.25, 0.3) is 5.69 Å². The number of Topliss-reactive ketones (excluding diaryl/α,β-unsaturated/α-hetero) is 1. The minimum Gasteiger partial charge on any atom is -1.00 e. The van der Waals surface area contributed by atoms with E-state index < -0.39 is 23.1 Å². The van der Waals surface area contributed by atoms with E-state index in [1.165, 1.54) is 57.6 Å². The van der Waals surface area contributed by atoms with Crippen LogP contribution in [-0.2, 0) is 89.9 Å². The number of hydrogen-bond acceptors (Lipinski definition) is 27. The number of aliphatic hydroxyl groups excluding tert-OH is 1. The van der Waals surface area contributed by atoms with Gasteiger partial charge in [0.1, 0.15) is 24.9 Å². The summed E-state index contributed by atoms with van der Waals surface area (Å²) in [5.74, 6) is -1.89. The van der Waals surface area contributed by atoms with Crippen LogP contribution in [-0.4, -0.2) is 177 Å². The van der Waals surface area contributed by atoms with E-state index in [0.717, 1.165) is 62.9 Å². The molecule has 0 aliphatic heterocycles. The number of aliphatic hydroxyl groups is 1. The van der Waals surface area contributed by atoms with Gasteiger partial charge in [0.25, 0.3) is 22.6 Å². The first-order chi connectivity index (χ1) is 70.7.